The van der Waals surface area contributed by atoms with E-state index in [2.05, 4.69) is 28.2 Å². The molecule has 0 aromatic carbocycles. The summed E-state index contributed by atoms with van der Waals surface area (Å²) in [6.45, 7) is 5.42. The lowest BCUT2D eigenvalue weighted by atomic mass is 10.2. The molecule has 0 bridgehead atoms. The zero-order chi connectivity index (χ0) is 13.2. The number of nitrogens with one attached hydrogen (secondary N) is 1. The van der Waals surface area contributed by atoms with Crippen LogP contribution in [0.5, 0.6) is 0 Å². The van der Waals surface area contributed by atoms with Gasteiger partial charge in [0, 0.05) is 25.3 Å². The highest BCUT2D eigenvalue weighted by Crippen LogP contribution is 2.25. The monoisotopic (exact) mass is 281 g/mol. The quantitative estimate of drug-likeness (QED) is 0.918. The lowest BCUT2D eigenvalue weighted by Crippen LogP contribution is -2.44. The molecule has 2 aliphatic rings. The lowest BCUT2D eigenvalue weighted by Gasteiger charge is -2.34. The van der Waals surface area contributed by atoms with Gasteiger partial charge in [0.15, 0.2) is 0 Å². The molecule has 4 nitrogen and oxygen atoms in total. The Labute approximate surface area is 119 Å². The van der Waals surface area contributed by atoms with Crippen molar-refractivity contribution in [2.45, 2.75) is 38.4 Å². The number of hydrogen-bond donors (Lipinski definition) is 1. The number of ether oxygens (including phenoxy) is 1. The maximum atomic E-state index is 6.23. The van der Waals surface area contributed by atoms with Crippen LogP contribution in [-0.2, 0) is 11.3 Å². The molecule has 104 valence electrons. The van der Waals surface area contributed by atoms with E-state index in [0.717, 1.165) is 42.7 Å². The Bertz CT molecular complexity index is 450. The Morgan fingerprint density at radius 2 is 2.37 bits per heavy atom. The fourth-order valence-electron chi connectivity index (χ4n) is 2.37. The molecule has 0 spiro atoms. The molecule has 0 radical (unpaired) electrons. The van der Waals surface area contributed by atoms with E-state index in [1.165, 1.54) is 12.8 Å². The number of hydrogen-bond acceptors (Lipinski definition) is 4. The van der Waals surface area contributed by atoms with Gasteiger partial charge in [0.2, 0.25) is 0 Å². The molecule has 1 saturated heterocycles. The van der Waals surface area contributed by atoms with Gasteiger partial charge in [-0.1, -0.05) is 11.6 Å². The third-order valence-electron chi connectivity index (χ3n) is 3.74. The zero-order valence-corrected chi connectivity index (χ0v) is 12.0. The third kappa shape index (κ3) is 3.19. The van der Waals surface area contributed by atoms with Gasteiger partial charge in [-0.2, -0.15) is 0 Å². The zero-order valence-electron chi connectivity index (χ0n) is 11.2. The van der Waals surface area contributed by atoms with Crippen molar-refractivity contribution < 1.29 is 4.74 Å². The summed E-state index contributed by atoms with van der Waals surface area (Å²) >= 11 is 6.23. The van der Waals surface area contributed by atoms with Crippen molar-refractivity contribution in [3.8, 4) is 0 Å². The second kappa shape index (κ2) is 5.65. The normalized spacial score (nSPS) is 23.7. The van der Waals surface area contributed by atoms with Gasteiger partial charge in [-0.05, 0) is 31.4 Å². The van der Waals surface area contributed by atoms with Gasteiger partial charge < -0.3 is 15.0 Å². The molecule has 3 rings (SSSR count). The molecular weight excluding hydrogens is 262 g/mol. The lowest BCUT2D eigenvalue weighted by molar-refractivity contribution is 0.0985. The van der Waals surface area contributed by atoms with Gasteiger partial charge in [-0.25, -0.2) is 4.98 Å². The molecular formula is C14H20ClN3O. The van der Waals surface area contributed by atoms with Crippen LogP contribution in [-0.4, -0.2) is 36.8 Å². The smallest absolute Gasteiger partial charge is 0.129 e. The van der Waals surface area contributed by atoms with E-state index >= 15 is 0 Å². The van der Waals surface area contributed by atoms with Crippen LogP contribution in [0.1, 0.15) is 25.3 Å². The minimum absolute atomic E-state index is 0.367. The van der Waals surface area contributed by atoms with Crippen molar-refractivity contribution in [1.29, 1.82) is 0 Å². The van der Waals surface area contributed by atoms with E-state index < -0.39 is 0 Å². The summed E-state index contributed by atoms with van der Waals surface area (Å²) in [7, 11) is 0. The van der Waals surface area contributed by atoms with Crippen LogP contribution in [0.2, 0.25) is 5.02 Å². The van der Waals surface area contributed by atoms with Crippen molar-refractivity contribution in [1.82, 2.24) is 10.3 Å². The van der Waals surface area contributed by atoms with Crippen LogP contribution >= 0.6 is 11.6 Å². The van der Waals surface area contributed by atoms with E-state index in [4.69, 9.17) is 16.3 Å². The van der Waals surface area contributed by atoms with Crippen LogP contribution in [0, 0.1) is 0 Å². The number of anilines is 1. The van der Waals surface area contributed by atoms with E-state index in [1.54, 1.807) is 6.20 Å². The van der Waals surface area contributed by atoms with Crippen molar-refractivity contribution in [2.24, 2.45) is 0 Å². The first-order valence-corrected chi connectivity index (χ1v) is 7.34. The Balaban J connectivity index is 1.74. The Hall–Kier alpha value is -0.840. The van der Waals surface area contributed by atoms with Gasteiger partial charge in [0.1, 0.15) is 5.82 Å². The van der Waals surface area contributed by atoms with Gasteiger partial charge >= 0.3 is 0 Å². The molecule has 1 aliphatic carbocycles. The topological polar surface area (TPSA) is 37.4 Å². The van der Waals surface area contributed by atoms with Crippen LogP contribution in [0.3, 0.4) is 0 Å². The second-order valence-corrected chi connectivity index (χ2v) is 5.81. The molecule has 0 amide bonds. The predicted octanol–water partition coefficient (Wildman–Crippen LogP) is 2.21. The summed E-state index contributed by atoms with van der Waals surface area (Å²) in [5, 5.41) is 4.25. The molecule has 1 aliphatic heterocycles. The molecule has 1 atom stereocenters. The molecule has 1 aromatic rings. The van der Waals surface area contributed by atoms with E-state index in [1.807, 2.05) is 0 Å². The van der Waals surface area contributed by atoms with Gasteiger partial charge in [-0.15, -0.1) is 0 Å². The van der Waals surface area contributed by atoms with Crippen molar-refractivity contribution in [3.05, 3.63) is 22.8 Å². The van der Waals surface area contributed by atoms with Crippen LogP contribution in [0.4, 0.5) is 5.82 Å². The summed E-state index contributed by atoms with van der Waals surface area (Å²) in [6, 6.07) is 3.17. The maximum absolute atomic E-state index is 6.23. The molecule has 5 heteroatoms. The van der Waals surface area contributed by atoms with Gasteiger partial charge in [0.05, 0.1) is 24.3 Å². The average Bonchev–Trinajstić information content (AvgIpc) is 3.23. The molecule has 1 unspecified atom stereocenters. The average molecular weight is 282 g/mol. The Morgan fingerprint density at radius 1 is 1.53 bits per heavy atom. The van der Waals surface area contributed by atoms with Crippen molar-refractivity contribution in [3.63, 3.8) is 0 Å². The van der Waals surface area contributed by atoms with Crippen LogP contribution < -0.4 is 10.2 Å². The van der Waals surface area contributed by atoms with Crippen LogP contribution in [0.25, 0.3) is 0 Å². The van der Waals surface area contributed by atoms with Crippen molar-refractivity contribution in [2.75, 3.05) is 24.7 Å². The minimum Gasteiger partial charge on any atom is -0.377 e. The number of aromatic nitrogens is 1. The van der Waals surface area contributed by atoms with Crippen LogP contribution in [0.15, 0.2) is 12.3 Å². The number of rotatable bonds is 4. The minimum atomic E-state index is 0.367. The predicted molar refractivity (Wildman–Crippen MR) is 76.7 cm³/mol. The van der Waals surface area contributed by atoms with Crippen molar-refractivity contribution >= 4 is 17.4 Å². The summed E-state index contributed by atoms with van der Waals surface area (Å²) in [6.07, 6.45) is 4.34. The first-order chi connectivity index (χ1) is 9.24. The Morgan fingerprint density at radius 3 is 3.11 bits per heavy atom. The molecule has 1 aromatic heterocycles. The standard InChI is InChI=1S/C14H20ClN3O/c1-10-9-19-5-4-18(10)14-6-11(13(15)8-17-14)7-16-12-2-3-12/h6,8,10,12,16H,2-5,7,9H2,1H3. The first-order valence-electron chi connectivity index (χ1n) is 6.96. The molecule has 1 N–H and O–H groups in total. The molecule has 2 fully saturated rings. The summed E-state index contributed by atoms with van der Waals surface area (Å²) in [4.78, 5) is 6.76. The number of pyridine rings is 1. The maximum Gasteiger partial charge on any atom is 0.129 e. The van der Waals surface area contributed by atoms with E-state index in [-0.39, 0.29) is 0 Å². The highest BCUT2D eigenvalue weighted by Gasteiger charge is 2.22. The summed E-state index contributed by atoms with van der Waals surface area (Å²) < 4.78 is 5.47. The van der Waals surface area contributed by atoms with Gasteiger partial charge in [-0.3, -0.25) is 0 Å². The first kappa shape index (κ1) is 13.2. The Kier molecular flexibility index (Phi) is 3.91. The van der Waals surface area contributed by atoms with E-state index in [0.29, 0.717) is 12.1 Å². The number of nitrogens with zero attached hydrogens (tertiary/aromatic N) is 2. The number of morpholine rings is 1. The fourth-order valence-corrected chi connectivity index (χ4v) is 2.54. The highest BCUT2D eigenvalue weighted by molar-refractivity contribution is 6.31. The summed E-state index contributed by atoms with van der Waals surface area (Å²) in [5.41, 5.74) is 1.14. The number of halogens is 1. The largest absolute Gasteiger partial charge is 0.377 e. The summed E-state index contributed by atoms with van der Waals surface area (Å²) in [5.74, 6) is 1.01. The van der Waals surface area contributed by atoms with Gasteiger partial charge in [0.25, 0.3) is 0 Å². The molecule has 2 heterocycles. The molecule has 1 saturated carbocycles. The SMILES string of the molecule is CC1COCCN1c1cc(CNC2CC2)c(Cl)cn1. The fraction of sp³-hybridized carbons (Fsp3) is 0.643. The highest BCUT2D eigenvalue weighted by atomic mass is 35.5. The third-order valence-corrected chi connectivity index (χ3v) is 4.08. The van der Waals surface area contributed by atoms with E-state index in [9.17, 15) is 0 Å². The second-order valence-electron chi connectivity index (χ2n) is 5.41. The molecule has 19 heavy (non-hydrogen) atoms.